The van der Waals surface area contributed by atoms with Gasteiger partial charge in [0.2, 0.25) is 10.0 Å². The predicted molar refractivity (Wildman–Crippen MR) is 100 cm³/mol. The van der Waals surface area contributed by atoms with E-state index < -0.39 is 22.1 Å². The molecule has 0 saturated carbocycles. The van der Waals surface area contributed by atoms with E-state index >= 15 is 0 Å². The van der Waals surface area contributed by atoms with Crippen molar-refractivity contribution in [3.8, 4) is 0 Å². The molecule has 27 heavy (non-hydrogen) atoms. The smallest absolute Gasteiger partial charge is 0.338 e. The second-order valence-corrected chi connectivity index (χ2v) is 7.85. The summed E-state index contributed by atoms with van der Waals surface area (Å²) >= 11 is 0. The standard InChI is InChI=1S/C19H22N2O5S/c1-14(18(22)21(3)13-15-8-5-4-6-9-15)26-19(23)16-10-7-11-17(12-16)27(24,25)20-2/h4-12,14,20H,13H2,1-3H3/t14-/m0/s1. The number of hydrogen-bond acceptors (Lipinski definition) is 5. The number of ether oxygens (including phenoxy) is 1. The highest BCUT2D eigenvalue weighted by Gasteiger charge is 2.23. The summed E-state index contributed by atoms with van der Waals surface area (Å²) in [5.74, 6) is -1.12. The Kier molecular flexibility index (Phi) is 6.70. The predicted octanol–water partition coefficient (Wildman–Crippen LogP) is 1.80. The number of nitrogens with zero attached hydrogens (tertiary/aromatic N) is 1. The third-order valence-corrected chi connectivity index (χ3v) is 5.33. The average molecular weight is 390 g/mol. The van der Waals surface area contributed by atoms with E-state index in [-0.39, 0.29) is 16.4 Å². The van der Waals surface area contributed by atoms with E-state index in [9.17, 15) is 18.0 Å². The van der Waals surface area contributed by atoms with Gasteiger partial charge in [-0.1, -0.05) is 36.4 Å². The van der Waals surface area contributed by atoms with Gasteiger partial charge in [-0.05, 0) is 37.7 Å². The van der Waals surface area contributed by atoms with E-state index in [2.05, 4.69) is 4.72 Å². The van der Waals surface area contributed by atoms with Gasteiger partial charge in [-0.2, -0.15) is 0 Å². The number of likely N-dealkylation sites (N-methyl/N-ethyl adjacent to an activating group) is 1. The molecule has 0 aliphatic carbocycles. The topological polar surface area (TPSA) is 92.8 Å². The van der Waals surface area contributed by atoms with Crippen molar-refractivity contribution in [3.05, 3.63) is 65.7 Å². The molecule has 0 heterocycles. The fourth-order valence-electron chi connectivity index (χ4n) is 2.43. The summed E-state index contributed by atoms with van der Waals surface area (Å²) in [6, 6.07) is 14.9. The van der Waals surface area contributed by atoms with Crippen LogP contribution in [0.4, 0.5) is 0 Å². The molecule has 1 amide bonds. The lowest BCUT2D eigenvalue weighted by molar-refractivity contribution is -0.139. The summed E-state index contributed by atoms with van der Waals surface area (Å²) in [5, 5.41) is 0. The molecule has 2 rings (SSSR count). The first kappa shape index (κ1) is 20.6. The molecule has 0 aromatic heterocycles. The number of carbonyl (C=O) groups is 2. The van der Waals surface area contributed by atoms with Crippen LogP contribution in [0.2, 0.25) is 0 Å². The van der Waals surface area contributed by atoms with Crippen molar-refractivity contribution in [3.63, 3.8) is 0 Å². The van der Waals surface area contributed by atoms with Crippen LogP contribution in [-0.2, 0) is 26.1 Å². The summed E-state index contributed by atoms with van der Waals surface area (Å²) in [5.41, 5.74) is 1.01. The van der Waals surface area contributed by atoms with E-state index in [0.717, 1.165) is 5.56 Å². The van der Waals surface area contributed by atoms with Crippen LogP contribution < -0.4 is 4.72 Å². The Morgan fingerprint density at radius 1 is 1.11 bits per heavy atom. The van der Waals surface area contributed by atoms with Crippen LogP contribution in [0.15, 0.2) is 59.5 Å². The van der Waals surface area contributed by atoms with Crippen molar-refractivity contribution in [2.45, 2.75) is 24.5 Å². The van der Waals surface area contributed by atoms with E-state index in [1.165, 1.54) is 43.1 Å². The van der Waals surface area contributed by atoms with Gasteiger partial charge in [0.1, 0.15) is 0 Å². The number of amides is 1. The Bertz CT molecular complexity index is 913. The molecule has 144 valence electrons. The Morgan fingerprint density at radius 3 is 2.41 bits per heavy atom. The molecule has 7 nitrogen and oxygen atoms in total. The lowest BCUT2D eigenvalue weighted by Crippen LogP contribution is -2.37. The van der Waals surface area contributed by atoms with Crippen molar-refractivity contribution < 1.29 is 22.7 Å². The lowest BCUT2D eigenvalue weighted by atomic mass is 10.2. The zero-order chi connectivity index (χ0) is 20.0. The van der Waals surface area contributed by atoms with Crippen LogP contribution in [-0.4, -0.2) is 45.4 Å². The third kappa shape index (κ3) is 5.38. The van der Waals surface area contributed by atoms with Crippen LogP contribution in [0.1, 0.15) is 22.8 Å². The van der Waals surface area contributed by atoms with Crippen LogP contribution >= 0.6 is 0 Å². The third-order valence-electron chi connectivity index (χ3n) is 3.92. The van der Waals surface area contributed by atoms with Gasteiger partial charge in [0.05, 0.1) is 10.5 Å². The monoisotopic (exact) mass is 390 g/mol. The number of hydrogen-bond donors (Lipinski definition) is 1. The molecule has 1 atom stereocenters. The second kappa shape index (κ2) is 8.79. The van der Waals surface area contributed by atoms with Crippen LogP contribution in [0.3, 0.4) is 0 Å². The first-order valence-corrected chi connectivity index (χ1v) is 9.76. The van der Waals surface area contributed by atoms with Crippen molar-refractivity contribution in [2.75, 3.05) is 14.1 Å². The van der Waals surface area contributed by atoms with Gasteiger partial charge >= 0.3 is 5.97 Å². The number of carbonyl (C=O) groups excluding carboxylic acids is 2. The minimum absolute atomic E-state index is 0.0525. The van der Waals surface area contributed by atoms with E-state index in [1.54, 1.807) is 7.05 Å². The molecule has 0 bridgehead atoms. The molecule has 2 aromatic rings. The maximum absolute atomic E-state index is 12.4. The second-order valence-electron chi connectivity index (χ2n) is 5.96. The molecule has 0 spiro atoms. The quantitative estimate of drug-likeness (QED) is 0.728. The summed E-state index contributed by atoms with van der Waals surface area (Å²) < 4.78 is 31.1. The first-order valence-electron chi connectivity index (χ1n) is 8.28. The molecule has 0 radical (unpaired) electrons. The van der Waals surface area contributed by atoms with Crippen molar-refractivity contribution in [1.29, 1.82) is 0 Å². The van der Waals surface area contributed by atoms with Crippen LogP contribution in [0.25, 0.3) is 0 Å². The highest BCUT2D eigenvalue weighted by Crippen LogP contribution is 2.14. The molecule has 0 unspecified atom stereocenters. The Labute approximate surface area is 159 Å². The molecule has 2 aromatic carbocycles. The largest absolute Gasteiger partial charge is 0.449 e. The van der Waals surface area contributed by atoms with Gasteiger partial charge in [0.25, 0.3) is 5.91 Å². The summed E-state index contributed by atoms with van der Waals surface area (Å²) in [6.45, 7) is 1.87. The number of rotatable bonds is 7. The first-order chi connectivity index (χ1) is 12.7. The van der Waals surface area contributed by atoms with Crippen molar-refractivity contribution in [2.24, 2.45) is 0 Å². The van der Waals surface area contributed by atoms with E-state index in [4.69, 9.17) is 4.74 Å². The van der Waals surface area contributed by atoms with Gasteiger partial charge in [0.15, 0.2) is 6.10 Å². The molecule has 0 fully saturated rings. The van der Waals surface area contributed by atoms with Gasteiger partial charge in [-0.3, -0.25) is 4.79 Å². The minimum atomic E-state index is -3.68. The van der Waals surface area contributed by atoms with E-state index in [1.807, 2.05) is 30.3 Å². The molecule has 0 aliphatic heterocycles. The highest BCUT2D eigenvalue weighted by molar-refractivity contribution is 7.89. The summed E-state index contributed by atoms with van der Waals surface area (Å²) in [4.78, 5) is 26.1. The number of esters is 1. The summed E-state index contributed by atoms with van der Waals surface area (Å²) in [7, 11) is -0.774. The molecule has 0 saturated heterocycles. The Balaban J connectivity index is 2.04. The van der Waals surface area contributed by atoms with Crippen molar-refractivity contribution >= 4 is 21.9 Å². The zero-order valence-corrected chi connectivity index (χ0v) is 16.2. The maximum atomic E-state index is 12.4. The molecular formula is C19H22N2O5S. The highest BCUT2D eigenvalue weighted by atomic mass is 32.2. The Morgan fingerprint density at radius 2 is 1.78 bits per heavy atom. The average Bonchev–Trinajstić information content (AvgIpc) is 2.68. The number of benzene rings is 2. The fourth-order valence-corrected chi connectivity index (χ4v) is 3.21. The maximum Gasteiger partial charge on any atom is 0.338 e. The normalized spacial score (nSPS) is 12.3. The van der Waals surface area contributed by atoms with Crippen molar-refractivity contribution in [1.82, 2.24) is 9.62 Å². The SMILES string of the molecule is CNS(=O)(=O)c1cccc(C(=O)O[C@@H](C)C(=O)N(C)Cc2ccccc2)c1. The molecule has 8 heteroatoms. The minimum Gasteiger partial charge on any atom is -0.449 e. The molecule has 0 aliphatic rings. The van der Waals surface area contributed by atoms with Gasteiger partial charge < -0.3 is 9.64 Å². The number of sulfonamides is 1. The van der Waals surface area contributed by atoms with Gasteiger partial charge in [-0.25, -0.2) is 17.9 Å². The van der Waals surface area contributed by atoms with E-state index in [0.29, 0.717) is 6.54 Å². The number of nitrogens with one attached hydrogen (secondary N) is 1. The zero-order valence-electron chi connectivity index (χ0n) is 15.4. The Hall–Kier alpha value is -2.71. The fraction of sp³-hybridized carbons (Fsp3) is 0.263. The molecular weight excluding hydrogens is 368 g/mol. The lowest BCUT2D eigenvalue weighted by Gasteiger charge is -2.21. The van der Waals surface area contributed by atoms with Gasteiger partial charge in [-0.15, -0.1) is 0 Å². The van der Waals surface area contributed by atoms with Gasteiger partial charge in [0, 0.05) is 13.6 Å². The van der Waals surface area contributed by atoms with Crippen LogP contribution in [0, 0.1) is 0 Å². The summed E-state index contributed by atoms with van der Waals surface area (Å²) in [6.07, 6.45) is -1.00. The molecule has 1 N–H and O–H groups in total. The van der Waals surface area contributed by atoms with Crippen LogP contribution in [0.5, 0.6) is 0 Å².